The van der Waals surface area contributed by atoms with E-state index in [-0.39, 0.29) is 0 Å². The molecule has 29 heavy (non-hydrogen) atoms. The van der Waals surface area contributed by atoms with Gasteiger partial charge in [0.25, 0.3) is 0 Å². The van der Waals surface area contributed by atoms with Gasteiger partial charge in [-0.3, -0.25) is 4.90 Å². The molecule has 1 N–H and O–H groups in total. The molecule has 2 fully saturated rings. The number of imidazole rings is 1. The molecule has 1 atom stereocenters. The Morgan fingerprint density at radius 2 is 2.03 bits per heavy atom. The zero-order valence-electron chi connectivity index (χ0n) is 17.3. The normalized spacial score (nSPS) is 20.9. The number of benzene rings is 1. The first-order chi connectivity index (χ1) is 14.3. The third kappa shape index (κ3) is 5.16. The number of hydrogen-bond donors (Lipinski definition) is 1. The number of morpholine rings is 1. The highest BCUT2D eigenvalue weighted by atomic mass is 16.5. The van der Waals surface area contributed by atoms with Crippen molar-refractivity contribution >= 4 is 5.96 Å². The summed E-state index contributed by atoms with van der Waals surface area (Å²) in [6.07, 6.45) is 5.09. The summed E-state index contributed by atoms with van der Waals surface area (Å²) < 4.78 is 7.69. The molecule has 0 aliphatic carbocycles. The summed E-state index contributed by atoms with van der Waals surface area (Å²) in [4.78, 5) is 14.4. The van der Waals surface area contributed by atoms with Gasteiger partial charge in [0.15, 0.2) is 5.96 Å². The second kappa shape index (κ2) is 9.89. The van der Waals surface area contributed by atoms with Crippen LogP contribution in [0.25, 0.3) is 0 Å². The number of hydrogen-bond acceptors (Lipinski definition) is 4. The van der Waals surface area contributed by atoms with Crippen molar-refractivity contribution < 1.29 is 4.74 Å². The number of ether oxygens (including phenoxy) is 1. The van der Waals surface area contributed by atoms with Gasteiger partial charge in [-0.15, -0.1) is 0 Å². The number of aromatic nitrogens is 2. The largest absolute Gasteiger partial charge is 0.379 e. The van der Waals surface area contributed by atoms with Crippen LogP contribution in [0.4, 0.5) is 0 Å². The topological polar surface area (TPSA) is 57.9 Å². The Balaban J connectivity index is 1.40. The van der Waals surface area contributed by atoms with E-state index in [4.69, 9.17) is 9.73 Å². The van der Waals surface area contributed by atoms with Crippen molar-refractivity contribution in [3.8, 4) is 0 Å². The van der Waals surface area contributed by atoms with Gasteiger partial charge >= 0.3 is 0 Å². The van der Waals surface area contributed by atoms with E-state index >= 15 is 0 Å². The third-order valence-corrected chi connectivity index (χ3v) is 5.73. The average molecular weight is 397 g/mol. The molecule has 7 heteroatoms. The number of likely N-dealkylation sites (tertiary alicyclic amines) is 1. The first kappa shape index (κ1) is 19.9. The smallest absolute Gasteiger partial charge is 0.194 e. The molecule has 2 saturated heterocycles. The number of nitrogens with one attached hydrogen (secondary N) is 1. The predicted molar refractivity (Wildman–Crippen MR) is 115 cm³/mol. The zero-order chi connectivity index (χ0) is 19.9. The second-order valence-corrected chi connectivity index (χ2v) is 7.66. The summed E-state index contributed by atoms with van der Waals surface area (Å²) in [5, 5.41) is 3.48. The van der Waals surface area contributed by atoms with Crippen LogP contribution in [0, 0.1) is 0 Å². The van der Waals surface area contributed by atoms with Gasteiger partial charge in [0.1, 0.15) is 12.4 Å². The highest BCUT2D eigenvalue weighted by Gasteiger charge is 2.30. The summed E-state index contributed by atoms with van der Waals surface area (Å²) in [6.45, 7) is 10.3. The molecule has 2 aliphatic rings. The first-order valence-corrected chi connectivity index (χ1v) is 10.7. The Morgan fingerprint density at radius 3 is 2.83 bits per heavy atom. The van der Waals surface area contributed by atoms with E-state index in [2.05, 4.69) is 55.9 Å². The van der Waals surface area contributed by atoms with Crippen LogP contribution in [0.5, 0.6) is 0 Å². The molecule has 1 aromatic heterocycles. The van der Waals surface area contributed by atoms with Gasteiger partial charge in [-0.2, -0.15) is 0 Å². The van der Waals surface area contributed by atoms with E-state index in [0.29, 0.717) is 12.6 Å². The predicted octanol–water partition coefficient (Wildman–Crippen LogP) is 1.80. The van der Waals surface area contributed by atoms with Crippen LogP contribution >= 0.6 is 0 Å². The minimum atomic E-state index is 0.584. The van der Waals surface area contributed by atoms with Crippen LogP contribution in [0.2, 0.25) is 0 Å². The van der Waals surface area contributed by atoms with E-state index in [1.165, 1.54) is 12.0 Å². The van der Waals surface area contributed by atoms with Crippen molar-refractivity contribution in [1.82, 2.24) is 24.7 Å². The Morgan fingerprint density at radius 1 is 1.21 bits per heavy atom. The van der Waals surface area contributed by atoms with E-state index in [1.807, 2.05) is 18.5 Å². The van der Waals surface area contributed by atoms with Crippen molar-refractivity contribution in [1.29, 1.82) is 0 Å². The maximum atomic E-state index is 5.51. The minimum absolute atomic E-state index is 0.584. The van der Waals surface area contributed by atoms with Gasteiger partial charge in [-0.05, 0) is 18.9 Å². The average Bonchev–Trinajstić information content (AvgIpc) is 3.42. The molecule has 2 aromatic rings. The Labute approximate surface area is 173 Å². The van der Waals surface area contributed by atoms with E-state index < -0.39 is 0 Å². The summed E-state index contributed by atoms with van der Waals surface area (Å²) in [5.74, 6) is 1.99. The molecule has 0 spiro atoms. The van der Waals surface area contributed by atoms with Crippen LogP contribution in [0.15, 0.2) is 47.7 Å². The zero-order valence-corrected chi connectivity index (χ0v) is 17.3. The molecule has 156 valence electrons. The van der Waals surface area contributed by atoms with Crippen LogP contribution < -0.4 is 5.32 Å². The fourth-order valence-electron chi connectivity index (χ4n) is 4.16. The van der Waals surface area contributed by atoms with Gasteiger partial charge in [-0.25, -0.2) is 9.98 Å². The van der Waals surface area contributed by atoms with Crippen molar-refractivity contribution in [3.05, 3.63) is 54.1 Å². The second-order valence-electron chi connectivity index (χ2n) is 7.66. The fourth-order valence-corrected chi connectivity index (χ4v) is 4.16. The quantitative estimate of drug-likeness (QED) is 0.596. The lowest BCUT2D eigenvalue weighted by atomic mass is 10.2. The highest BCUT2D eigenvalue weighted by Crippen LogP contribution is 2.17. The lowest BCUT2D eigenvalue weighted by molar-refractivity contribution is 0.0195. The molecule has 1 unspecified atom stereocenters. The molecule has 1 aromatic carbocycles. The van der Waals surface area contributed by atoms with Crippen LogP contribution in [-0.4, -0.2) is 77.3 Å². The maximum Gasteiger partial charge on any atom is 0.194 e. The number of nitrogens with zero attached hydrogens (tertiary/aromatic N) is 5. The number of rotatable bonds is 6. The van der Waals surface area contributed by atoms with Gasteiger partial charge in [0, 0.05) is 57.7 Å². The van der Waals surface area contributed by atoms with Crippen LogP contribution in [-0.2, 0) is 17.8 Å². The Kier molecular flexibility index (Phi) is 6.79. The molecule has 0 saturated carbocycles. The van der Waals surface area contributed by atoms with Gasteiger partial charge in [0.2, 0.25) is 0 Å². The lowest BCUT2D eigenvalue weighted by Crippen LogP contribution is -2.46. The number of aliphatic imine (C=N–C) groups is 1. The maximum absolute atomic E-state index is 5.51. The molecule has 7 nitrogen and oxygen atoms in total. The molecule has 2 aliphatic heterocycles. The monoisotopic (exact) mass is 396 g/mol. The van der Waals surface area contributed by atoms with Gasteiger partial charge < -0.3 is 19.5 Å². The van der Waals surface area contributed by atoms with Crippen molar-refractivity contribution in [3.63, 3.8) is 0 Å². The molecular weight excluding hydrogens is 364 g/mol. The fraction of sp³-hybridized carbons (Fsp3) is 0.545. The van der Waals surface area contributed by atoms with Gasteiger partial charge in [0.05, 0.1) is 13.2 Å². The highest BCUT2D eigenvalue weighted by molar-refractivity contribution is 5.80. The Bertz CT molecular complexity index is 784. The molecular formula is C22H32N6O. The molecule has 4 rings (SSSR count). The van der Waals surface area contributed by atoms with Crippen molar-refractivity contribution in [2.45, 2.75) is 32.5 Å². The SMILES string of the molecule is CCNC(=NCc1nccn1Cc1ccccc1)N1CCC(N2CCOCC2)C1. The van der Waals surface area contributed by atoms with Crippen molar-refractivity contribution in [2.24, 2.45) is 4.99 Å². The Hall–Kier alpha value is -2.38. The summed E-state index contributed by atoms with van der Waals surface area (Å²) in [6, 6.07) is 11.1. The molecule has 0 amide bonds. The standard InChI is InChI=1S/C22H32N6O/c1-2-23-22(28-10-8-20(18-28)26-12-14-29-15-13-26)25-16-21-24-9-11-27(21)17-19-6-4-3-5-7-19/h3-7,9,11,20H,2,8,10,12-18H2,1H3,(H,23,25). The summed E-state index contributed by atoms with van der Waals surface area (Å²) >= 11 is 0. The molecule has 0 radical (unpaired) electrons. The third-order valence-electron chi connectivity index (χ3n) is 5.73. The lowest BCUT2D eigenvalue weighted by Gasteiger charge is -2.32. The van der Waals surface area contributed by atoms with Crippen LogP contribution in [0.3, 0.4) is 0 Å². The first-order valence-electron chi connectivity index (χ1n) is 10.7. The van der Waals surface area contributed by atoms with Gasteiger partial charge in [-0.1, -0.05) is 30.3 Å². The van der Waals surface area contributed by atoms with E-state index in [1.54, 1.807) is 0 Å². The summed E-state index contributed by atoms with van der Waals surface area (Å²) in [5.41, 5.74) is 1.27. The van der Waals surface area contributed by atoms with Crippen molar-refractivity contribution in [2.75, 3.05) is 45.9 Å². The summed E-state index contributed by atoms with van der Waals surface area (Å²) in [7, 11) is 0. The molecule has 3 heterocycles. The van der Waals surface area contributed by atoms with Crippen LogP contribution in [0.1, 0.15) is 24.7 Å². The molecule has 0 bridgehead atoms. The number of guanidine groups is 1. The van der Waals surface area contributed by atoms with E-state index in [0.717, 1.165) is 64.3 Å². The minimum Gasteiger partial charge on any atom is -0.379 e. The van der Waals surface area contributed by atoms with E-state index in [9.17, 15) is 0 Å².